The third-order valence-electron chi connectivity index (χ3n) is 2.66. The zero-order valence-corrected chi connectivity index (χ0v) is 13.9. The molecule has 0 fully saturated rings. The number of rotatable bonds is 3. The van der Waals surface area contributed by atoms with E-state index in [2.05, 4.69) is 22.5 Å². The standard InChI is InChI=1S/C13H20N5.HI/c1-5-13(2,3)17-12(15-10-14)16-11-7-6-8-18(4)9-11;/h6-9H,5H2,1-4H3,(H2,15,16,17);1H/q+1;/p-1. The Hall–Kier alpha value is -1.36. The highest BCUT2D eigenvalue weighted by Crippen LogP contribution is 2.13. The van der Waals surface area contributed by atoms with E-state index in [1.807, 2.05) is 56.2 Å². The third-order valence-corrected chi connectivity index (χ3v) is 2.66. The molecule has 2 N–H and O–H groups in total. The Kier molecular flexibility index (Phi) is 7.37. The summed E-state index contributed by atoms with van der Waals surface area (Å²) >= 11 is 0. The number of halogens is 1. The van der Waals surface area contributed by atoms with E-state index in [9.17, 15) is 0 Å². The van der Waals surface area contributed by atoms with Crippen LogP contribution in [0.4, 0.5) is 5.69 Å². The van der Waals surface area contributed by atoms with E-state index in [1.165, 1.54) is 0 Å². The minimum Gasteiger partial charge on any atom is -1.00 e. The van der Waals surface area contributed by atoms with Crippen LogP contribution in [0.5, 0.6) is 0 Å². The molecule has 0 bridgehead atoms. The van der Waals surface area contributed by atoms with Gasteiger partial charge in [0.1, 0.15) is 12.7 Å². The lowest BCUT2D eigenvalue weighted by molar-refractivity contribution is -0.670. The molecule has 1 aromatic heterocycles. The average Bonchev–Trinajstić information content (AvgIpc) is 2.29. The number of hydrogen-bond donors (Lipinski definition) is 2. The van der Waals surface area contributed by atoms with Crippen molar-refractivity contribution < 1.29 is 28.5 Å². The zero-order chi connectivity index (χ0) is 13.6. The van der Waals surface area contributed by atoms with Gasteiger partial charge in [0.2, 0.25) is 5.96 Å². The van der Waals surface area contributed by atoms with Gasteiger partial charge in [0.05, 0.1) is 5.54 Å². The van der Waals surface area contributed by atoms with Crippen molar-refractivity contribution in [3.63, 3.8) is 0 Å². The van der Waals surface area contributed by atoms with Crippen molar-refractivity contribution in [1.29, 1.82) is 5.26 Å². The Morgan fingerprint density at radius 3 is 2.74 bits per heavy atom. The molecule has 0 saturated carbocycles. The molecule has 104 valence electrons. The van der Waals surface area contributed by atoms with Crippen LogP contribution in [0.3, 0.4) is 0 Å². The number of hydrogen-bond acceptors (Lipinski definition) is 2. The molecule has 1 rings (SSSR count). The summed E-state index contributed by atoms with van der Waals surface area (Å²) in [4.78, 5) is 4.50. The molecule has 0 amide bonds. The van der Waals surface area contributed by atoms with E-state index in [-0.39, 0.29) is 29.5 Å². The molecule has 0 unspecified atom stereocenters. The van der Waals surface area contributed by atoms with Crippen LogP contribution in [-0.4, -0.2) is 11.5 Å². The molecule has 0 aliphatic carbocycles. The molecule has 1 aromatic rings. The lowest BCUT2D eigenvalue weighted by Gasteiger charge is -2.19. The van der Waals surface area contributed by atoms with Gasteiger partial charge in [-0.3, -0.25) is 5.32 Å². The topological polar surface area (TPSA) is 64.1 Å². The molecule has 19 heavy (non-hydrogen) atoms. The fourth-order valence-electron chi connectivity index (χ4n) is 1.32. The summed E-state index contributed by atoms with van der Waals surface area (Å²) in [5.41, 5.74) is 0.678. The van der Waals surface area contributed by atoms with Crippen LogP contribution in [0.25, 0.3) is 0 Å². The minimum atomic E-state index is -0.205. The summed E-state index contributed by atoms with van der Waals surface area (Å²) in [6.45, 7) is 6.12. The van der Waals surface area contributed by atoms with Crippen molar-refractivity contribution in [3.8, 4) is 6.19 Å². The minimum absolute atomic E-state index is 0. The van der Waals surface area contributed by atoms with Crippen LogP contribution >= 0.6 is 0 Å². The van der Waals surface area contributed by atoms with Gasteiger partial charge >= 0.3 is 0 Å². The summed E-state index contributed by atoms with van der Waals surface area (Å²) in [6.07, 6.45) is 6.66. The molecule has 0 aromatic carbocycles. The van der Waals surface area contributed by atoms with Crippen LogP contribution in [0, 0.1) is 11.5 Å². The predicted molar refractivity (Wildman–Crippen MR) is 71.8 cm³/mol. The first-order valence-corrected chi connectivity index (χ1v) is 5.94. The second-order valence-corrected chi connectivity index (χ2v) is 4.75. The Labute approximate surface area is 131 Å². The molecule has 0 saturated heterocycles. The second-order valence-electron chi connectivity index (χ2n) is 4.75. The maximum atomic E-state index is 8.75. The number of nitrogens with one attached hydrogen (secondary N) is 2. The second kappa shape index (κ2) is 7.94. The van der Waals surface area contributed by atoms with E-state index >= 15 is 0 Å². The molecule has 0 aliphatic heterocycles. The van der Waals surface area contributed by atoms with Gasteiger partial charge in [0.25, 0.3) is 0 Å². The lowest BCUT2D eigenvalue weighted by Crippen LogP contribution is -3.00. The number of nitrogens with zero attached hydrogens (tertiary/aromatic N) is 3. The van der Waals surface area contributed by atoms with Gasteiger partial charge in [-0.15, -0.1) is 0 Å². The van der Waals surface area contributed by atoms with E-state index in [4.69, 9.17) is 5.26 Å². The lowest BCUT2D eigenvalue weighted by atomic mass is 10.0. The van der Waals surface area contributed by atoms with Gasteiger partial charge in [-0.2, -0.15) is 5.26 Å². The van der Waals surface area contributed by atoms with Gasteiger partial charge in [0.15, 0.2) is 18.6 Å². The van der Waals surface area contributed by atoms with Gasteiger partial charge in [-0.05, 0) is 26.3 Å². The zero-order valence-electron chi connectivity index (χ0n) is 11.7. The van der Waals surface area contributed by atoms with E-state index in [0.29, 0.717) is 5.96 Å². The highest BCUT2D eigenvalue weighted by atomic mass is 127. The summed E-state index contributed by atoms with van der Waals surface area (Å²) in [5.74, 6) is 0.468. The molecule has 0 radical (unpaired) electrons. The quantitative estimate of drug-likeness (QED) is 0.170. The van der Waals surface area contributed by atoms with Gasteiger partial charge < -0.3 is 29.3 Å². The molecular weight excluding hydrogens is 353 g/mol. The highest BCUT2D eigenvalue weighted by molar-refractivity contribution is 5.94. The number of aryl methyl sites for hydroxylation is 1. The van der Waals surface area contributed by atoms with Crippen molar-refractivity contribution in [2.45, 2.75) is 32.7 Å². The molecule has 0 aliphatic rings. The normalized spacial score (nSPS) is 11.2. The number of nitriles is 1. The molecule has 1 heterocycles. The van der Waals surface area contributed by atoms with Crippen molar-refractivity contribution in [1.82, 2.24) is 5.32 Å². The monoisotopic (exact) mass is 373 g/mol. The maximum Gasteiger partial charge on any atom is 0.209 e. The first-order chi connectivity index (χ1) is 8.46. The molecule has 6 heteroatoms. The maximum absolute atomic E-state index is 8.75. The van der Waals surface area contributed by atoms with Crippen molar-refractivity contribution in [2.24, 2.45) is 12.0 Å². The molecular formula is C13H20IN5. The number of anilines is 1. The summed E-state index contributed by atoms with van der Waals surface area (Å²) in [7, 11) is 1.94. The van der Waals surface area contributed by atoms with E-state index in [1.54, 1.807) is 0 Å². The predicted octanol–water partition coefficient (Wildman–Crippen LogP) is -1.46. The fourth-order valence-corrected chi connectivity index (χ4v) is 1.32. The van der Waals surface area contributed by atoms with Crippen molar-refractivity contribution >= 4 is 11.6 Å². The Balaban J connectivity index is 0.00000324. The Morgan fingerprint density at radius 2 is 2.21 bits per heavy atom. The van der Waals surface area contributed by atoms with Crippen LogP contribution in [0.2, 0.25) is 0 Å². The number of aliphatic imine (C=N–C) groups is 1. The van der Waals surface area contributed by atoms with Crippen molar-refractivity contribution in [2.75, 3.05) is 5.32 Å². The fraction of sp³-hybridized carbons (Fsp3) is 0.462. The summed E-state index contributed by atoms with van der Waals surface area (Å²) in [6, 6.07) is 3.85. The van der Waals surface area contributed by atoms with Crippen LogP contribution in [-0.2, 0) is 7.05 Å². The smallest absolute Gasteiger partial charge is 0.209 e. The molecule has 0 atom stereocenters. The highest BCUT2D eigenvalue weighted by Gasteiger charge is 2.15. The third kappa shape index (κ3) is 6.38. The average molecular weight is 373 g/mol. The first kappa shape index (κ1) is 17.6. The summed E-state index contributed by atoms with van der Waals surface area (Å²) in [5, 5.41) is 14.4. The Morgan fingerprint density at radius 1 is 1.53 bits per heavy atom. The van der Waals surface area contributed by atoms with Crippen LogP contribution < -0.4 is 39.2 Å². The number of guanidine groups is 1. The molecule has 5 nitrogen and oxygen atoms in total. The summed E-state index contributed by atoms with van der Waals surface area (Å²) < 4.78 is 1.93. The van der Waals surface area contributed by atoms with Crippen LogP contribution in [0.15, 0.2) is 29.5 Å². The number of pyridine rings is 1. The van der Waals surface area contributed by atoms with Gasteiger partial charge in [-0.1, -0.05) is 6.92 Å². The SMILES string of the molecule is CCC(C)(C)N=C(NC#N)Nc1ccc[n+](C)c1.[I-]. The Bertz CT molecular complexity index is 476. The first-order valence-electron chi connectivity index (χ1n) is 5.94. The van der Waals surface area contributed by atoms with E-state index in [0.717, 1.165) is 12.1 Å². The van der Waals surface area contributed by atoms with Gasteiger partial charge in [0, 0.05) is 6.07 Å². The van der Waals surface area contributed by atoms with Crippen molar-refractivity contribution in [3.05, 3.63) is 24.5 Å². The molecule has 0 spiro atoms. The van der Waals surface area contributed by atoms with Crippen LogP contribution in [0.1, 0.15) is 27.2 Å². The largest absolute Gasteiger partial charge is 1.00 e. The van der Waals surface area contributed by atoms with E-state index < -0.39 is 0 Å². The number of aromatic nitrogens is 1. The van der Waals surface area contributed by atoms with Gasteiger partial charge in [-0.25, -0.2) is 9.56 Å².